The molecule has 0 unspecified atom stereocenters. The molecule has 0 radical (unpaired) electrons. The molecule has 0 saturated carbocycles. The van der Waals surface area contributed by atoms with Crippen molar-refractivity contribution in [3.8, 4) is 11.4 Å². The van der Waals surface area contributed by atoms with E-state index in [0.717, 1.165) is 18.7 Å². The number of aliphatic hydroxyl groups excluding tert-OH is 1. The van der Waals surface area contributed by atoms with E-state index in [1.807, 2.05) is 48.5 Å². The van der Waals surface area contributed by atoms with Crippen LogP contribution >= 0.6 is 0 Å². The summed E-state index contributed by atoms with van der Waals surface area (Å²) in [6.07, 6.45) is 0.659. The Hall–Kier alpha value is -2.50. The molecule has 0 fully saturated rings. The number of hydrogen-bond acceptors (Lipinski definition) is 5. The molecule has 0 spiro atoms. The zero-order valence-electron chi connectivity index (χ0n) is 13.5. The fraction of sp³-hybridized carbons (Fsp3) is 0.263. The van der Waals surface area contributed by atoms with Gasteiger partial charge in [-0.1, -0.05) is 65.8 Å². The molecule has 2 aromatic carbocycles. The van der Waals surface area contributed by atoms with Gasteiger partial charge in [-0.3, -0.25) is 4.90 Å². The molecule has 0 atom stereocenters. The third kappa shape index (κ3) is 4.50. The molecule has 1 aromatic heterocycles. The van der Waals surface area contributed by atoms with Crippen LogP contribution in [0.15, 0.2) is 65.2 Å². The fourth-order valence-corrected chi connectivity index (χ4v) is 2.57. The van der Waals surface area contributed by atoms with Crippen LogP contribution in [0, 0.1) is 0 Å². The van der Waals surface area contributed by atoms with Crippen LogP contribution in [0.1, 0.15) is 11.5 Å². The molecule has 5 heteroatoms. The first-order chi connectivity index (χ1) is 11.8. The van der Waals surface area contributed by atoms with E-state index in [2.05, 4.69) is 27.2 Å². The van der Waals surface area contributed by atoms with Crippen molar-refractivity contribution in [2.45, 2.75) is 13.0 Å². The largest absolute Gasteiger partial charge is 0.395 e. The van der Waals surface area contributed by atoms with E-state index in [1.54, 1.807) is 0 Å². The second-order valence-corrected chi connectivity index (χ2v) is 5.61. The van der Waals surface area contributed by atoms with E-state index in [4.69, 9.17) is 4.52 Å². The van der Waals surface area contributed by atoms with Crippen molar-refractivity contribution in [2.24, 2.45) is 0 Å². The topological polar surface area (TPSA) is 62.4 Å². The van der Waals surface area contributed by atoms with Crippen molar-refractivity contribution >= 4 is 0 Å². The number of aromatic nitrogens is 2. The maximum atomic E-state index is 9.27. The summed E-state index contributed by atoms with van der Waals surface area (Å²) in [6.45, 7) is 2.30. The Morgan fingerprint density at radius 1 is 0.917 bits per heavy atom. The monoisotopic (exact) mass is 323 g/mol. The standard InChI is InChI=1S/C19H21N3O2/c23-14-13-22(15-16-7-3-1-4-8-16)12-11-18-20-19(21-24-18)17-9-5-2-6-10-17/h1-10,23H,11-15H2. The number of aliphatic hydroxyl groups is 1. The van der Waals surface area contributed by atoms with Crippen LogP contribution in [0.4, 0.5) is 0 Å². The Morgan fingerprint density at radius 3 is 2.33 bits per heavy atom. The molecule has 124 valence electrons. The van der Waals surface area contributed by atoms with E-state index in [-0.39, 0.29) is 6.61 Å². The highest BCUT2D eigenvalue weighted by molar-refractivity contribution is 5.53. The molecule has 3 aromatic rings. The Balaban J connectivity index is 1.59. The fourth-order valence-electron chi connectivity index (χ4n) is 2.57. The predicted octanol–water partition coefficient (Wildman–Crippen LogP) is 2.77. The normalized spacial score (nSPS) is 11.1. The van der Waals surface area contributed by atoms with Crippen molar-refractivity contribution in [1.29, 1.82) is 0 Å². The first-order valence-corrected chi connectivity index (χ1v) is 8.10. The van der Waals surface area contributed by atoms with E-state index >= 15 is 0 Å². The second kappa shape index (κ2) is 8.38. The van der Waals surface area contributed by atoms with Gasteiger partial charge >= 0.3 is 0 Å². The molecule has 1 N–H and O–H groups in total. The Bertz CT molecular complexity index is 729. The van der Waals surface area contributed by atoms with Gasteiger partial charge in [-0.2, -0.15) is 4.98 Å². The Kier molecular flexibility index (Phi) is 5.71. The third-order valence-electron chi connectivity index (χ3n) is 3.81. The zero-order chi connectivity index (χ0) is 16.6. The minimum absolute atomic E-state index is 0.131. The Morgan fingerprint density at radius 2 is 1.62 bits per heavy atom. The molecule has 0 aliphatic carbocycles. The van der Waals surface area contributed by atoms with Crippen LogP contribution in [-0.2, 0) is 13.0 Å². The van der Waals surface area contributed by atoms with E-state index in [9.17, 15) is 5.11 Å². The second-order valence-electron chi connectivity index (χ2n) is 5.61. The molecule has 24 heavy (non-hydrogen) atoms. The quantitative estimate of drug-likeness (QED) is 0.690. The van der Waals surface area contributed by atoms with E-state index < -0.39 is 0 Å². The van der Waals surface area contributed by atoms with Gasteiger partial charge in [-0.05, 0) is 5.56 Å². The highest BCUT2D eigenvalue weighted by atomic mass is 16.5. The summed E-state index contributed by atoms with van der Waals surface area (Å²) in [7, 11) is 0. The average Bonchev–Trinajstić information content (AvgIpc) is 3.11. The minimum Gasteiger partial charge on any atom is -0.395 e. The van der Waals surface area contributed by atoms with Gasteiger partial charge in [0.05, 0.1) is 6.61 Å². The lowest BCUT2D eigenvalue weighted by atomic mass is 10.2. The van der Waals surface area contributed by atoms with Crippen molar-refractivity contribution in [3.63, 3.8) is 0 Å². The number of nitrogens with zero attached hydrogens (tertiary/aromatic N) is 3. The van der Waals surface area contributed by atoms with Crippen LogP contribution in [0.5, 0.6) is 0 Å². The molecular weight excluding hydrogens is 302 g/mol. The van der Waals surface area contributed by atoms with Gasteiger partial charge in [0.2, 0.25) is 11.7 Å². The van der Waals surface area contributed by atoms with Gasteiger partial charge in [0.25, 0.3) is 0 Å². The summed E-state index contributed by atoms with van der Waals surface area (Å²) in [4.78, 5) is 6.63. The number of rotatable bonds is 8. The molecule has 0 amide bonds. The summed E-state index contributed by atoms with van der Waals surface area (Å²) in [5.74, 6) is 1.23. The van der Waals surface area contributed by atoms with Crippen LogP contribution in [0.25, 0.3) is 11.4 Å². The lowest BCUT2D eigenvalue weighted by molar-refractivity contribution is 0.187. The van der Waals surface area contributed by atoms with Gasteiger partial charge in [0, 0.05) is 31.6 Å². The molecule has 5 nitrogen and oxygen atoms in total. The van der Waals surface area contributed by atoms with E-state index in [0.29, 0.717) is 24.7 Å². The first kappa shape index (κ1) is 16.4. The molecular formula is C19H21N3O2. The van der Waals surface area contributed by atoms with Crippen LogP contribution in [0.2, 0.25) is 0 Å². The van der Waals surface area contributed by atoms with Crippen LogP contribution < -0.4 is 0 Å². The van der Waals surface area contributed by atoms with Crippen LogP contribution in [-0.4, -0.2) is 39.8 Å². The maximum absolute atomic E-state index is 9.27. The maximum Gasteiger partial charge on any atom is 0.228 e. The summed E-state index contributed by atoms with van der Waals surface area (Å²) in [5, 5.41) is 13.3. The Labute approximate surface area is 141 Å². The molecule has 0 aliphatic rings. The van der Waals surface area contributed by atoms with E-state index in [1.165, 1.54) is 5.56 Å². The molecule has 0 aliphatic heterocycles. The van der Waals surface area contributed by atoms with Crippen molar-refractivity contribution in [2.75, 3.05) is 19.7 Å². The van der Waals surface area contributed by atoms with Crippen molar-refractivity contribution < 1.29 is 9.63 Å². The van der Waals surface area contributed by atoms with Gasteiger partial charge in [-0.25, -0.2) is 0 Å². The summed E-state index contributed by atoms with van der Waals surface area (Å²) in [5.41, 5.74) is 2.17. The van der Waals surface area contributed by atoms with Crippen molar-refractivity contribution in [3.05, 3.63) is 72.1 Å². The van der Waals surface area contributed by atoms with Gasteiger partial charge in [-0.15, -0.1) is 0 Å². The molecule has 3 rings (SSSR count). The first-order valence-electron chi connectivity index (χ1n) is 8.10. The smallest absolute Gasteiger partial charge is 0.228 e. The van der Waals surface area contributed by atoms with Gasteiger partial charge in [0.1, 0.15) is 0 Å². The SMILES string of the molecule is OCCN(CCc1nc(-c2ccccc2)no1)Cc1ccccc1. The molecule has 0 saturated heterocycles. The number of hydrogen-bond donors (Lipinski definition) is 1. The molecule has 1 heterocycles. The third-order valence-corrected chi connectivity index (χ3v) is 3.81. The zero-order valence-corrected chi connectivity index (χ0v) is 13.5. The average molecular weight is 323 g/mol. The summed E-state index contributed by atoms with van der Waals surface area (Å²) < 4.78 is 5.35. The van der Waals surface area contributed by atoms with Gasteiger partial charge < -0.3 is 9.63 Å². The van der Waals surface area contributed by atoms with Crippen LogP contribution in [0.3, 0.4) is 0 Å². The number of benzene rings is 2. The lowest BCUT2D eigenvalue weighted by Crippen LogP contribution is -2.28. The van der Waals surface area contributed by atoms with Crippen molar-refractivity contribution in [1.82, 2.24) is 15.0 Å². The van der Waals surface area contributed by atoms with Gasteiger partial charge in [0.15, 0.2) is 0 Å². The minimum atomic E-state index is 0.131. The molecule has 0 bridgehead atoms. The lowest BCUT2D eigenvalue weighted by Gasteiger charge is -2.20. The summed E-state index contributed by atoms with van der Waals surface area (Å²) in [6, 6.07) is 20.0. The predicted molar refractivity (Wildman–Crippen MR) is 92.2 cm³/mol. The highest BCUT2D eigenvalue weighted by Crippen LogP contribution is 2.15. The summed E-state index contributed by atoms with van der Waals surface area (Å²) >= 11 is 0. The highest BCUT2D eigenvalue weighted by Gasteiger charge is 2.11.